The van der Waals surface area contributed by atoms with Crippen molar-refractivity contribution < 1.29 is 9.53 Å². The topological polar surface area (TPSA) is 26.3 Å². The smallest absolute Gasteiger partial charge is 0.333 e. The molecule has 2 heteroatoms. The van der Waals surface area contributed by atoms with Crippen molar-refractivity contribution in [3.8, 4) is 0 Å². The van der Waals surface area contributed by atoms with E-state index in [1.165, 1.54) is 38.5 Å². The Morgan fingerprint density at radius 3 is 2.37 bits per heavy atom. The summed E-state index contributed by atoms with van der Waals surface area (Å²) in [4.78, 5) is 11.6. The van der Waals surface area contributed by atoms with Crippen LogP contribution in [0.4, 0.5) is 0 Å². The van der Waals surface area contributed by atoms with Gasteiger partial charge in [0.25, 0.3) is 0 Å². The molecule has 0 heterocycles. The van der Waals surface area contributed by atoms with Crippen molar-refractivity contribution in [3.63, 3.8) is 0 Å². The van der Waals surface area contributed by atoms with Gasteiger partial charge in [0.1, 0.15) is 0 Å². The van der Waals surface area contributed by atoms with E-state index in [0.717, 1.165) is 23.7 Å². The first kappa shape index (κ1) is 13.2. The van der Waals surface area contributed by atoms with Crippen LogP contribution in [0.3, 0.4) is 0 Å². The number of carbonyl (C=O) groups is 1. The summed E-state index contributed by atoms with van der Waals surface area (Å²) in [6, 6.07) is 0. The van der Waals surface area contributed by atoms with E-state index >= 15 is 0 Å². The number of ether oxygens (including phenoxy) is 1. The van der Waals surface area contributed by atoms with Crippen molar-refractivity contribution >= 4 is 5.97 Å². The molecule has 0 spiro atoms. The van der Waals surface area contributed by atoms with Gasteiger partial charge in [0.2, 0.25) is 0 Å². The van der Waals surface area contributed by atoms with E-state index in [4.69, 9.17) is 4.74 Å². The first-order chi connectivity index (χ1) is 8.98. The molecule has 0 aromatic carbocycles. The van der Waals surface area contributed by atoms with Gasteiger partial charge in [-0.2, -0.15) is 0 Å². The van der Waals surface area contributed by atoms with Gasteiger partial charge in [-0.05, 0) is 62.7 Å². The molecular weight excluding hydrogens is 236 g/mol. The van der Waals surface area contributed by atoms with Crippen molar-refractivity contribution in [2.75, 3.05) is 6.61 Å². The molecule has 3 saturated carbocycles. The van der Waals surface area contributed by atoms with Gasteiger partial charge >= 0.3 is 5.97 Å². The molecule has 2 nitrogen and oxygen atoms in total. The molecule has 3 fully saturated rings. The maximum absolute atomic E-state index is 11.6. The lowest BCUT2D eigenvalue weighted by Gasteiger charge is -2.38. The SMILES string of the molecule is C=C(C)C(=O)OCC1(C)CC2CC(C1)C1CCCC21. The van der Waals surface area contributed by atoms with Gasteiger partial charge in [-0.25, -0.2) is 4.79 Å². The minimum absolute atomic E-state index is 0.211. The summed E-state index contributed by atoms with van der Waals surface area (Å²) in [5.74, 6) is 3.56. The van der Waals surface area contributed by atoms with E-state index in [-0.39, 0.29) is 11.4 Å². The van der Waals surface area contributed by atoms with Crippen molar-refractivity contribution in [3.05, 3.63) is 12.2 Å². The predicted molar refractivity (Wildman–Crippen MR) is 75.5 cm³/mol. The highest BCUT2D eigenvalue weighted by Crippen LogP contribution is 2.60. The first-order valence-corrected chi connectivity index (χ1v) is 7.81. The number of hydrogen-bond donors (Lipinski definition) is 0. The number of hydrogen-bond acceptors (Lipinski definition) is 2. The first-order valence-electron chi connectivity index (χ1n) is 7.81. The van der Waals surface area contributed by atoms with Crippen molar-refractivity contribution in [2.45, 2.75) is 52.4 Å². The number of rotatable bonds is 3. The molecule has 0 saturated heterocycles. The van der Waals surface area contributed by atoms with Crippen LogP contribution in [-0.4, -0.2) is 12.6 Å². The summed E-state index contributed by atoms with van der Waals surface area (Å²) >= 11 is 0. The Bertz CT molecular complexity index is 380. The van der Waals surface area contributed by atoms with Gasteiger partial charge in [0.05, 0.1) is 6.61 Å². The average molecular weight is 262 g/mol. The number of fused-ring (bicyclic) bond motifs is 5. The monoisotopic (exact) mass is 262 g/mol. The normalized spacial score (nSPS) is 43.9. The molecule has 0 aromatic rings. The predicted octanol–water partition coefficient (Wildman–Crippen LogP) is 3.96. The molecule has 0 radical (unpaired) electrons. The highest BCUT2D eigenvalue weighted by Gasteiger charge is 2.52. The maximum Gasteiger partial charge on any atom is 0.333 e. The maximum atomic E-state index is 11.6. The summed E-state index contributed by atoms with van der Waals surface area (Å²) in [6.45, 7) is 8.28. The fourth-order valence-electron chi connectivity index (χ4n) is 5.23. The molecule has 2 bridgehead atoms. The lowest BCUT2D eigenvalue weighted by atomic mass is 9.69. The second-order valence-electron chi connectivity index (χ2n) is 7.59. The Labute approximate surface area is 116 Å². The van der Waals surface area contributed by atoms with Gasteiger partial charge < -0.3 is 4.74 Å². The third kappa shape index (κ3) is 2.34. The number of carbonyl (C=O) groups excluding carboxylic acids is 1. The average Bonchev–Trinajstić information content (AvgIpc) is 2.91. The van der Waals surface area contributed by atoms with Crippen LogP contribution in [0.1, 0.15) is 52.4 Å². The summed E-state index contributed by atoms with van der Waals surface area (Å²) < 4.78 is 5.45. The Hall–Kier alpha value is -0.790. The standard InChI is InChI=1S/C17H26O2/c1-11(2)16(18)19-10-17(3)8-12-7-13(9-17)15-6-4-5-14(12)15/h12-15H,1,4-10H2,2-3H3. The summed E-state index contributed by atoms with van der Waals surface area (Å²) in [5.41, 5.74) is 0.725. The Morgan fingerprint density at radius 1 is 1.26 bits per heavy atom. The molecule has 3 aliphatic rings. The summed E-state index contributed by atoms with van der Waals surface area (Å²) in [5, 5.41) is 0. The minimum atomic E-state index is -0.223. The largest absolute Gasteiger partial charge is 0.462 e. The zero-order valence-electron chi connectivity index (χ0n) is 12.3. The van der Waals surface area contributed by atoms with Gasteiger partial charge in [0, 0.05) is 11.0 Å². The molecular formula is C17H26O2. The van der Waals surface area contributed by atoms with Crippen LogP contribution in [0.2, 0.25) is 0 Å². The molecule has 0 N–H and O–H groups in total. The number of esters is 1. The molecule has 4 unspecified atom stereocenters. The third-order valence-electron chi connectivity index (χ3n) is 5.85. The second kappa shape index (κ2) is 4.64. The van der Waals surface area contributed by atoms with Gasteiger partial charge in [0.15, 0.2) is 0 Å². The lowest BCUT2D eigenvalue weighted by Crippen LogP contribution is -2.33. The van der Waals surface area contributed by atoms with Crippen LogP contribution >= 0.6 is 0 Å². The Balaban J connectivity index is 1.64. The highest BCUT2D eigenvalue weighted by molar-refractivity contribution is 5.86. The van der Waals surface area contributed by atoms with E-state index in [1.807, 2.05) is 0 Å². The van der Waals surface area contributed by atoms with Crippen LogP contribution < -0.4 is 0 Å². The van der Waals surface area contributed by atoms with E-state index in [1.54, 1.807) is 6.92 Å². The zero-order chi connectivity index (χ0) is 13.6. The highest BCUT2D eigenvalue weighted by atomic mass is 16.5. The molecule has 3 aliphatic carbocycles. The summed E-state index contributed by atoms with van der Waals surface area (Å²) in [6.07, 6.45) is 8.31. The molecule has 4 atom stereocenters. The molecule has 0 amide bonds. The van der Waals surface area contributed by atoms with E-state index < -0.39 is 0 Å². The summed E-state index contributed by atoms with van der Waals surface area (Å²) in [7, 11) is 0. The van der Waals surface area contributed by atoms with Crippen LogP contribution in [0.25, 0.3) is 0 Å². The van der Waals surface area contributed by atoms with Gasteiger partial charge in [-0.3, -0.25) is 0 Å². The van der Waals surface area contributed by atoms with E-state index in [9.17, 15) is 4.79 Å². The van der Waals surface area contributed by atoms with Crippen LogP contribution in [0.5, 0.6) is 0 Å². The lowest BCUT2D eigenvalue weighted by molar-refractivity contribution is -0.143. The fraction of sp³-hybridized carbons (Fsp3) is 0.824. The Kier molecular flexibility index (Phi) is 3.23. The quantitative estimate of drug-likeness (QED) is 0.568. The van der Waals surface area contributed by atoms with Crippen LogP contribution in [0, 0.1) is 29.1 Å². The third-order valence-corrected chi connectivity index (χ3v) is 5.85. The Morgan fingerprint density at radius 2 is 1.84 bits per heavy atom. The molecule has 0 aromatic heterocycles. The van der Waals surface area contributed by atoms with Crippen molar-refractivity contribution in [1.82, 2.24) is 0 Å². The van der Waals surface area contributed by atoms with Crippen molar-refractivity contribution in [1.29, 1.82) is 0 Å². The molecule has 19 heavy (non-hydrogen) atoms. The van der Waals surface area contributed by atoms with Crippen LogP contribution in [0.15, 0.2) is 12.2 Å². The van der Waals surface area contributed by atoms with E-state index in [2.05, 4.69) is 13.5 Å². The minimum Gasteiger partial charge on any atom is -0.462 e. The molecule has 106 valence electrons. The zero-order valence-corrected chi connectivity index (χ0v) is 12.3. The molecule has 3 rings (SSSR count). The second-order valence-corrected chi connectivity index (χ2v) is 7.59. The van der Waals surface area contributed by atoms with Crippen molar-refractivity contribution in [2.24, 2.45) is 29.1 Å². The van der Waals surface area contributed by atoms with Crippen LogP contribution in [-0.2, 0) is 9.53 Å². The van der Waals surface area contributed by atoms with E-state index in [0.29, 0.717) is 12.2 Å². The van der Waals surface area contributed by atoms with Gasteiger partial charge in [-0.15, -0.1) is 0 Å². The molecule has 0 aliphatic heterocycles. The fourth-order valence-corrected chi connectivity index (χ4v) is 5.23. The van der Waals surface area contributed by atoms with Gasteiger partial charge in [-0.1, -0.05) is 19.9 Å².